The van der Waals surface area contributed by atoms with Gasteiger partial charge in [-0.3, -0.25) is 4.68 Å². The van der Waals surface area contributed by atoms with Gasteiger partial charge in [-0.2, -0.15) is 5.10 Å². The van der Waals surface area contributed by atoms with Crippen LogP contribution in [-0.4, -0.2) is 16.8 Å². The van der Waals surface area contributed by atoms with Gasteiger partial charge in [0.05, 0.1) is 25.0 Å². The first-order chi connectivity index (χ1) is 7.29. The van der Waals surface area contributed by atoms with Gasteiger partial charge in [-0.1, -0.05) is 0 Å². The molecule has 4 heteroatoms. The Morgan fingerprint density at radius 2 is 2.33 bits per heavy atom. The van der Waals surface area contributed by atoms with Crippen molar-refractivity contribution in [3.8, 4) is 0 Å². The lowest BCUT2D eigenvalue weighted by atomic mass is 10.2. The minimum Gasteiger partial charge on any atom is -0.468 e. The predicted molar refractivity (Wildman–Crippen MR) is 57.5 cm³/mol. The molecular formula is C11H15N3O. The molecule has 2 aromatic heterocycles. The summed E-state index contributed by atoms with van der Waals surface area (Å²) in [6.45, 7) is 3.50. The van der Waals surface area contributed by atoms with Crippen molar-refractivity contribution in [2.24, 2.45) is 0 Å². The van der Waals surface area contributed by atoms with Gasteiger partial charge in [0.1, 0.15) is 5.76 Å². The van der Waals surface area contributed by atoms with Crippen molar-refractivity contribution in [1.82, 2.24) is 15.1 Å². The highest BCUT2D eigenvalue weighted by Gasteiger charge is 2.06. The fourth-order valence-electron chi connectivity index (χ4n) is 1.55. The summed E-state index contributed by atoms with van der Waals surface area (Å²) in [7, 11) is 1.91. The highest BCUT2D eigenvalue weighted by molar-refractivity contribution is 5.17. The van der Waals surface area contributed by atoms with Crippen LogP contribution < -0.4 is 5.32 Å². The van der Waals surface area contributed by atoms with Crippen molar-refractivity contribution in [3.63, 3.8) is 0 Å². The van der Waals surface area contributed by atoms with E-state index in [0.717, 1.165) is 24.5 Å². The molecule has 2 aromatic rings. The smallest absolute Gasteiger partial charge is 0.122 e. The molecule has 0 saturated carbocycles. The summed E-state index contributed by atoms with van der Waals surface area (Å²) in [6, 6.07) is 3.99. The monoisotopic (exact) mass is 205 g/mol. The van der Waals surface area contributed by atoms with Gasteiger partial charge in [-0.05, 0) is 26.1 Å². The van der Waals surface area contributed by atoms with Crippen LogP contribution in [0, 0.1) is 6.92 Å². The molecule has 15 heavy (non-hydrogen) atoms. The van der Waals surface area contributed by atoms with Crippen LogP contribution in [0.4, 0.5) is 0 Å². The molecule has 4 nitrogen and oxygen atoms in total. The number of rotatable bonds is 4. The first-order valence-corrected chi connectivity index (χ1v) is 4.99. The molecule has 80 valence electrons. The van der Waals surface area contributed by atoms with Crippen molar-refractivity contribution in [1.29, 1.82) is 0 Å². The van der Waals surface area contributed by atoms with E-state index < -0.39 is 0 Å². The third kappa shape index (κ3) is 2.27. The largest absolute Gasteiger partial charge is 0.468 e. The van der Waals surface area contributed by atoms with Crippen LogP contribution in [0.15, 0.2) is 29.0 Å². The summed E-state index contributed by atoms with van der Waals surface area (Å²) in [5.41, 5.74) is 2.21. The molecule has 0 radical (unpaired) electrons. The number of aromatic nitrogens is 2. The third-order valence-electron chi connectivity index (χ3n) is 2.28. The van der Waals surface area contributed by atoms with Gasteiger partial charge in [0.25, 0.3) is 0 Å². The molecule has 0 aliphatic rings. The zero-order valence-corrected chi connectivity index (χ0v) is 9.03. The average Bonchev–Trinajstić information content (AvgIpc) is 2.78. The number of hydrogen-bond donors (Lipinski definition) is 1. The van der Waals surface area contributed by atoms with Crippen molar-refractivity contribution in [3.05, 3.63) is 41.6 Å². The number of nitrogens with one attached hydrogen (secondary N) is 1. The predicted octanol–water partition coefficient (Wildman–Crippen LogP) is 1.55. The van der Waals surface area contributed by atoms with Crippen molar-refractivity contribution in [2.45, 2.75) is 20.0 Å². The first-order valence-electron chi connectivity index (χ1n) is 4.99. The second-order valence-corrected chi connectivity index (χ2v) is 3.55. The molecule has 2 rings (SSSR count). The zero-order valence-electron chi connectivity index (χ0n) is 9.03. The lowest BCUT2D eigenvalue weighted by molar-refractivity contribution is 0.487. The Labute approximate surface area is 88.9 Å². The van der Waals surface area contributed by atoms with Crippen LogP contribution in [0.25, 0.3) is 0 Å². The summed E-state index contributed by atoms with van der Waals surface area (Å²) < 4.78 is 7.30. The molecule has 0 amide bonds. The average molecular weight is 205 g/mol. The normalized spacial score (nSPS) is 10.8. The summed E-state index contributed by atoms with van der Waals surface area (Å²) in [6.07, 6.45) is 3.70. The molecule has 0 atom stereocenters. The van der Waals surface area contributed by atoms with Crippen LogP contribution in [0.2, 0.25) is 0 Å². The lowest BCUT2D eigenvalue weighted by Gasteiger charge is -2.02. The number of furan rings is 1. The first kappa shape index (κ1) is 9.98. The lowest BCUT2D eigenvalue weighted by Crippen LogP contribution is -2.08. The molecule has 0 fully saturated rings. The Hall–Kier alpha value is -1.55. The molecule has 0 bridgehead atoms. The van der Waals surface area contributed by atoms with Crippen molar-refractivity contribution < 1.29 is 4.42 Å². The summed E-state index contributed by atoms with van der Waals surface area (Å²) in [5, 5.41) is 7.42. The molecule has 0 aromatic carbocycles. The molecular weight excluding hydrogens is 190 g/mol. The fourth-order valence-corrected chi connectivity index (χ4v) is 1.55. The van der Waals surface area contributed by atoms with E-state index in [2.05, 4.69) is 10.4 Å². The molecule has 0 spiro atoms. The van der Waals surface area contributed by atoms with Crippen LogP contribution >= 0.6 is 0 Å². The Bertz CT molecular complexity index is 430. The fraction of sp³-hybridized carbons (Fsp3) is 0.364. The van der Waals surface area contributed by atoms with Crippen LogP contribution in [0.1, 0.15) is 17.0 Å². The third-order valence-corrected chi connectivity index (χ3v) is 2.28. The molecule has 0 unspecified atom stereocenters. The van der Waals surface area contributed by atoms with Gasteiger partial charge in [-0.25, -0.2) is 0 Å². The maximum Gasteiger partial charge on any atom is 0.122 e. The Morgan fingerprint density at radius 3 is 3.00 bits per heavy atom. The van der Waals surface area contributed by atoms with E-state index in [1.165, 1.54) is 5.56 Å². The Morgan fingerprint density at radius 1 is 1.47 bits per heavy atom. The van der Waals surface area contributed by atoms with Crippen LogP contribution in [0.3, 0.4) is 0 Å². The number of aryl methyl sites for hydroxylation is 1. The second kappa shape index (κ2) is 4.31. The highest BCUT2D eigenvalue weighted by Crippen LogP contribution is 2.11. The minimum atomic E-state index is 0.753. The van der Waals surface area contributed by atoms with E-state index >= 15 is 0 Å². The maximum absolute atomic E-state index is 5.38. The standard InChI is InChI=1S/C11H15N3O/c1-9-3-5-14(13-9)8-10-4-6-15-11(10)7-12-2/h3-6,12H,7-8H2,1-2H3. The SMILES string of the molecule is CNCc1occc1Cn1ccc(C)n1. The topological polar surface area (TPSA) is 43.0 Å². The molecule has 1 N–H and O–H groups in total. The van der Waals surface area contributed by atoms with Gasteiger partial charge in [-0.15, -0.1) is 0 Å². The quantitative estimate of drug-likeness (QED) is 0.823. The van der Waals surface area contributed by atoms with Gasteiger partial charge in [0, 0.05) is 11.8 Å². The highest BCUT2D eigenvalue weighted by atomic mass is 16.3. The molecule has 0 saturated heterocycles. The summed E-state index contributed by atoms with van der Waals surface area (Å²) in [4.78, 5) is 0. The molecule has 0 aliphatic carbocycles. The summed E-state index contributed by atoms with van der Waals surface area (Å²) in [5.74, 6) is 0.977. The number of hydrogen-bond acceptors (Lipinski definition) is 3. The van der Waals surface area contributed by atoms with Crippen molar-refractivity contribution >= 4 is 0 Å². The van der Waals surface area contributed by atoms with Gasteiger partial charge in [0.15, 0.2) is 0 Å². The van der Waals surface area contributed by atoms with Crippen LogP contribution in [0.5, 0.6) is 0 Å². The van der Waals surface area contributed by atoms with E-state index in [1.54, 1.807) is 6.26 Å². The van der Waals surface area contributed by atoms with Gasteiger partial charge < -0.3 is 9.73 Å². The van der Waals surface area contributed by atoms with Crippen LogP contribution in [-0.2, 0) is 13.1 Å². The number of nitrogens with zero attached hydrogens (tertiary/aromatic N) is 2. The van der Waals surface area contributed by atoms with Gasteiger partial charge >= 0.3 is 0 Å². The summed E-state index contributed by atoms with van der Waals surface area (Å²) >= 11 is 0. The minimum absolute atomic E-state index is 0.753. The van der Waals surface area contributed by atoms with E-state index in [-0.39, 0.29) is 0 Å². The van der Waals surface area contributed by atoms with Crippen molar-refractivity contribution in [2.75, 3.05) is 7.05 Å². The molecule has 0 aliphatic heterocycles. The zero-order chi connectivity index (χ0) is 10.7. The van der Waals surface area contributed by atoms with Gasteiger partial charge in [0.2, 0.25) is 0 Å². The van der Waals surface area contributed by atoms with E-state index in [4.69, 9.17) is 4.42 Å². The van der Waals surface area contributed by atoms with E-state index in [1.807, 2.05) is 37.0 Å². The molecule has 2 heterocycles. The van der Waals surface area contributed by atoms with E-state index in [0.29, 0.717) is 0 Å². The second-order valence-electron chi connectivity index (χ2n) is 3.55. The maximum atomic E-state index is 5.38. The Balaban J connectivity index is 2.13. The van der Waals surface area contributed by atoms with E-state index in [9.17, 15) is 0 Å². The Kier molecular flexibility index (Phi) is 2.87.